The van der Waals surface area contributed by atoms with Crippen LogP contribution in [0.5, 0.6) is 0 Å². The summed E-state index contributed by atoms with van der Waals surface area (Å²) in [7, 11) is 0. The minimum atomic E-state index is -1.09. The van der Waals surface area contributed by atoms with Crippen molar-refractivity contribution in [3.63, 3.8) is 0 Å². The van der Waals surface area contributed by atoms with Crippen LogP contribution in [0.25, 0.3) is 65.7 Å². The molecule has 131 heavy (non-hydrogen) atoms. The Bertz CT molecular complexity index is 7000. The Morgan fingerprint density at radius 2 is 0.878 bits per heavy atom. The van der Waals surface area contributed by atoms with E-state index in [9.17, 15) is 19.2 Å². The molecular formula is C82H81Cl3LiN36NaO8. The monoisotopic (exact) mass is 1830 g/mol. The molecule has 0 radical (unpaired) electrons. The number of azide groups is 1. The van der Waals surface area contributed by atoms with Crippen molar-refractivity contribution in [3.8, 4) is 12.3 Å². The van der Waals surface area contributed by atoms with E-state index in [4.69, 9.17) is 67.0 Å². The summed E-state index contributed by atoms with van der Waals surface area (Å²) in [5.41, 5.74) is 44.6. The number of hydrogen-bond donors (Lipinski definition) is 3. The van der Waals surface area contributed by atoms with Crippen molar-refractivity contribution in [3.05, 3.63) is 281 Å². The summed E-state index contributed by atoms with van der Waals surface area (Å²) in [5, 5.41) is 62.4. The Hall–Kier alpha value is -13.7. The molecule has 0 saturated heterocycles. The molecule has 5 aliphatic rings. The number of nitrogens with one attached hydrogen (secondary N) is 1. The molecule has 17 aromatic rings. The fourth-order valence-electron chi connectivity index (χ4n) is 13.1. The number of rotatable bonds is 22. The Morgan fingerprint density at radius 3 is 1.24 bits per heavy atom. The van der Waals surface area contributed by atoms with Gasteiger partial charge < -0.3 is 51.0 Å². The van der Waals surface area contributed by atoms with Crippen LogP contribution in [0.4, 0.5) is 0 Å². The molecule has 0 unspecified atom stereocenters. The number of nitrogens with two attached hydrogens (primary N) is 1. The minimum Gasteiger partial charge on any atom is -0.870 e. The Morgan fingerprint density at radius 1 is 0.527 bits per heavy atom. The first-order valence-corrected chi connectivity index (χ1v) is 41.9. The smallest absolute Gasteiger partial charge is 0.870 e. The van der Waals surface area contributed by atoms with E-state index in [1.165, 1.54) is 85.7 Å². The predicted octanol–water partition coefficient (Wildman–Crippen LogP) is 5.93. The van der Waals surface area contributed by atoms with Gasteiger partial charge in [-0.3, -0.25) is 9.71 Å². The SMILES string of the molecule is C#CC(=O)OCC.CCOC(=O)c1cn(Cc2cn3nc(C4CC4)ccc3n2)nn1.ClCc1cn2nc(C3CC3)ccc2n1.NCc1ncn2ccc(Cl)cc12.O=C(NCc1ncn2ccc(Cl)cc12)c1cn(Cc2cn3nc(C4CC4)ccc3n2)nn1.O=C(O)c1cn(Cc2cn3nc(C4CC4)ccc3n2)nn1.[Li+].[N-]=[N+]=NCc1cn2nc(C3CC3)ccc2n1.[N-]=[N+]=[N-].[Na+].[OH-]. The largest absolute Gasteiger partial charge is 1.00 e. The van der Waals surface area contributed by atoms with Gasteiger partial charge in [-0.1, -0.05) is 44.0 Å². The number of carbonyl (C=O) groups excluding carboxylic acids is 3. The average Bonchev–Trinajstić information content (AvgIpc) is 1.63. The standard InChI is InChI=1S/C21H18ClN9O.C15H16N6O2.C13H12N6O2.C10H10ClN3.C10H10N6.C8H8ClN3.C5H6O2.Li.N3.Na.H2O/c22-14-5-6-29-12-24-17(19(29)7-14)8-23-21(32)18-11-30(28-26-18)9-15-10-31-20(25-15)4-3-16(27-31)13-1-2-13;1-2-23-15(22)13-9-20(19-17-13)7-11-8-21-14(16-11)6-5-12(18-21)10-3-4-10;20-13(21)11-7-18(17-15-11)5-9-6-19-12(14-9)4-3-10(16-19)8-1-2-8;11-5-8-6-14-10(12-8)4-3-9(13-14)7-1-2-7;11-15-12-5-8-6-16-10(13-8)4-3-9(14-16)7-1-2-7;9-6-1-2-12-5-11-7(4-10)8(12)3-6;1-3-5(6)7-4-2;;1-3-2;;/h3-7,10-13H,1-2,8-9H2,(H,23,32);5-6,8-10H,2-4,7H2,1H3;3-4,6-8H,1-2,5H2,(H,20,21);3-4,6-7H,1-2,5H2;3-4,6-7H,1-2,5H2;1-3,5H,4,10H2;1H,4H2,2H3;;;;1H2/q;;;;;;;+1;-1;+1;/p-1. The molecule has 17 heterocycles. The van der Waals surface area contributed by atoms with E-state index < -0.39 is 17.9 Å². The maximum Gasteiger partial charge on any atom is 1.00 e. The zero-order chi connectivity index (χ0) is 89.3. The topological polar surface area (TPSA) is 560 Å². The zero-order valence-electron chi connectivity index (χ0n) is 71.2. The molecule has 5 saturated carbocycles. The van der Waals surface area contributed by atoms with Crippen molar-refractivity contribution in [2.24, 2.45) is 10.8 Å². The van der Waals surface area contributed by atoms with Crippen molar-refractivity contribution < 1.29 is 87.7 Å². The molecule has 22 rings (SSSR count). The molecule has 1 amide bonds. The summed E-state index contributed by atoms with van der Waals surface area (Å²) >= 11 is 17.6. The fraction of sp³-hybridized carbons (Fsp3) is 0.317. The second kappa shape index (κ2) is 45.1. The summed E-state index contributed by atoms with van der Waals surface area (Å²) in [6.45, 7) is 6.27. The van der Waals surface area contributed by atoms with Gasteiger partial charge in [0, 0.05) is 69.4 Å². The van der Waals surface area contributed by atoms with Gasteiger partial charge in [-0.15, -0.1) is 33.3 Å². The van der Waals surface area contributed by atoms with Gasteiger partial charge in [0.2, 0.25) is 0 Å². The summed E-state index contributed by atoms with van der Waals surface area (Å²) in [4.78, 5) is 79.7. The van der Waals surface area contributed by atoms with E-state index in [1.807, 2.05) is 129 Å². The van der Waals surface area contributed by atoms with E-state index in [0.717, 1.165) is 102 Å². The normalized spacial score (nSPS) is 13.2. The molecule has 0 atom stereocenters. The number of terminal acetylenes is 1. The molecule has 44 nitrogen and oxygen atoms in total. The molecule has 0 spiro atoms. The first kappa shape index (κ1) is 96.4. The molecule has 0 bridgehead atoms. The van der Waals surface area contributed by atoms with E-state index in [-0.39, 0.29) is 90.0 Å². The summed E-state index contributed by atoms with van der Waals surface area (Å²) in [5.74, 6) is 2.86. The molecular weight excluding hydrogens is 1750 g/mol. The van der Waals surface area contributed by atoms with E-state index in [2.05, 4.69) is 124 Å². The van der Waals surface area contributed by atoms with Gasteiger partial charge in [-0.05, 0) is 169 Å². The Labute approximate surface area is 792 Å². The van der Waals surface area contributed by atoms with Gasteiger partial charge in [-0.25, -0.2) is 85.9 Å². The summed E-state index contributed by atoms with van der Waals surface area (Å²) in [6, 6.07) is 27.3. The van der Waals surface area contributed by atoms with Crippen LogP contribution in [0.3, 0.4) is 0 Å². The quantitative estimate of drug-likeness (QED) is 0.0103. The van der Waals surface area contributed by atoms with E-state index in [0.29, 0.717) is 84.9 Å². The molecule has 49 heteroatoms. The van der Waals surface area contributed by atoms with Crippen molar-refractivity contribution in [2.45, 2.75) is 153 Å². The number of halogens is 3. The predicted molar refractivity (Wildman–Crippen MR) is 464 cm³/mol. The van der Waals surface area contributed by atoms with Crippen molar-refractivity contribution >= 4 is 97.9 Å². The number of esters is 2. The number of nitrogens with zero attached hydrogens (tertiary/aromatic N) is 34. The third kappa shape index (κ3) is 25.9. The molecule has 660 valence electrons. The van der Waals surface area contributed by atoms with Crippen LogP contribution in [0, 0.1) is 12.3 Å². The Kier molecular flexibility index (Phi) is 33.2. The maximum atomic E-state index is 12.5. The molecule has 5 N–H and O–H groups in total. The maximum absolute atomic E-state index is 12.5. The number of amides is 1. The first-order valence-electron chi connectivity index (χ1n) is 40.6. The zero-order valence-corrected chi connectivity index (χ0v) is 75.4. The average molecular weight is 1840 g/mol. The molecule has 17 aromatic heterocycles. The van der Waals surface area contributed by atoms with Gasteiger partial charge in [0.25, 0.3) is 5.91 Å². The van der Waals surface area contributed by atoms with E-state index in [1.54, 1.807) is 78.3 Å². The number of fused-ring (bicyclic) bond motifs is 7. The number of pyridine rings is 2. The first-order chi connectivity index (χ1) is 62.3. The number of alkyl halides is 1. The van der Waals surface area contributed by atoms with Crippen LogP contribution >= 0.6 is 34.8 Å². The van der Waals surface area contributed by atoms with E-state index >= 15 is 0 Å². The second-order valence-electron chi connectivity index (χ2n) is 29.8. The van der Waals surface area contributed by atoms with Gasteiger partial charge in [-0.2, -0.15) is 25.5 Å². The van der Waals surface area contributed by atoms with Crippen LogP contribution < -0.4 is 59.5 Å². The summed E-state index contributed by atoms with van der Waals surface area (Å²) in [6.07, 6.45) is 37.9. The van der Waals surface area contributed by atoms with Crippen molar-refractivity contribution in [1.82, 2.24) is 142 Å². The number of ether oxygens (including phenoxy) is 2. The fourth-order valence-corrected chi connectivity index (χ4v) is 13.5. The molecule has 0 aliphatic heterocycles. The third-order valence-corrected chi connectivity index (χ3v) is 20.8. The van der Waals surface area contributed by atoms with Crippen LogP contribution in [0.15, 0.2) is 165 Å². The Balaban J connectivity index is 0.000000142. The number of carboxylic acids is 1. The van der Waals surface area contributed by atoms with Crippen LogP contribution in [-0.4, -0.2) is 184 Å². The molecule has 0 aromatic carbocycles. The van der Waals surface area contributed by atoms with Crippen LogP contribution in [0.2, 0.25) is 10.0 Å². The number of imidazole rings is 7. The van der Waals surface area contributed by atoms with Gasteiger partial charge in [0.15, 0.2) is 45.3 Å². The number of aromatic nitrogens is 28. The number of carbonyl (C=O) groups is 4. The third-order valence-electron chi connectivity index (χ3n) is 20.1. The van der Waals surface area contributed by atoms with Gasteiger partial charge in [0.05, 0.1) is 193 Å². The van der Waals surface area contributed by atoms with Crippen molar-refractivity contribution in [1.29, 1.82) is 0 Å². The van der Waals surface area contributed by atoms with Gasteiger partial charge in [0.1, 0.15) is 0 Å². The minimum absolute atomic E-state index is 0. The second-order valence-corrected chi connectivity index (χ2v) is 30.9. The van der Waals surface area contributed by atoms with Crippen LogP contribution in [0.1, 0.15) is 207 Å². The number of aromatic carboxylic acids is 1. The van der Waals surface area contributed by atoms with Crippen LogP contribution in [-0.2, 0) is 59.4 Å². The van der Waals surface area contributed by atoms with Gasteiger partial charge >= 0.3 is 66.3 Å². The molecule has 5 aliphatic carbocycles. The summed E-state index contributed by atoms with van der Waals surface area (Å²) < 4.78 is 26.5. The number of carboxylic acid groups (broad SMARTS) is 1. The van der Waals surface area contributed by atoms with Crippen molar-refractivity contribution in [2.75, 3.05) is 13.2 Å². The number of hydrogen-bond acceptors (Lipinski definition) is 27. The molecule has 5 fully saturated rings.